The Morgan fingerprint density at radius 3 is 2.31 bits per heavy atom. The third kappa shape index (κ3) is 3.71. The van der Waals surface area contributed by atoms with Crippen molar-refractivity contribution >= 4 is 17.2 Å². The van der Waals surface area contributed by atoms with Crippen molar-refractivity contribution in [3.8, 4) is 11.5 Å². The van der Waals surface area contributed by atoms with Gasteiger partial charge in [-0.3, -0.25) is 0 Å². The summed E-state index contributed by atoms with van der Waals surface area (Å²) < 4.78 is 16.8. The summed E-state index contributed by atoms with van der Waals surface area (Å²) in [6.07, 6.45) is 1.95. The van der Waals surface area contributed by atoms with E-state index in [2.05, 4.69) is 5.32 Å². The van der Waals surface area contributed by atoms with Crippen molar-refractivity contribution in [3.05, 3.63) is 95.1 Å². The third-order valence-electron chi connectivity index (χ3n) is 5.68. The van der Waals surface area contributed by atoms with Crippen LogP contribution >= 0.6 is 0 Å². The minimum Gasteiger partial charge on any atom is -0.497 e. The zero-order valence-electron chi connectivity index (χ0n) is 18.8. The van der Waals surface area contributed by atoms with Gasteiger partial charge in [0, 0.05) is 17.7 Å². The quantitative estimate of drug-likeness (QED) is 0.537. The fourth-order valence-electron chi connectivity index (χ4n) is 4.07. The molecule has 0 spiro atoms. The lowest BCUT2D eigenvalue weighted by molar-refractivity contribution is -0.147. The van der Waals surface area contributed by atoms with E-state index >= 15 is 0 Å². The molecule has 0 fully saturated rings. The average Bonchev–Trinajstić information content (AvgIpc) is 2.83. The second kappa shape index (κ2) is 8.79. The van der Waals surface area contributed by atoms with Gasteiger partial charge in [-0.25, -0.2) is 4.79 Å². The summed E-state index contributed by atoms with van der Waals surface area (Å²) in [7, 11) is 3.24. The molecule has 0 saturated carbocycles. The van der Waals surface area contributed by atoms with E-state index in [1.165, 1.54) is 0 Å². The van der Waals surface area contributed by atoms with Crippen LogP contribution in [-0.4, -0.2) is 26.8 Å². The molecule has 164 valence electrons. The lowest BCUT2D eigenvalue weighted by Gasteiger charge is -2.37. The molecule has 1 atom stereocenters. The van der Waals surface area contributed by atoms with Crippen molar-refractivity contribution in [2.75, 3.05) is 26.1 Å². The van der Waals surface area contributed by atoms with E-state index < -0.39 is 5.54 Å². The van der Waals surface area contributed by atoms with Crippen LogP contribution in [0.3, 0.4) is 0 Å². The van der Waals surface area contributed by atoms with Gasteiger partial charge in [-0.15, -0.1) is 0 Å². The Morgan fingerprint density at radius 1 is 0.969 bits per heavy atom. The summed E-state index contributed by atoms with van der Waals surface area (Å²) in [5.74, 6) is 0.914. The number of benzene rings is 3. The molecule has 0 bridgehead atoms. The lowest BCUT2D eigenvalue weighted by atomic mass is 9.80. The van der Waals surface area contributed by atoms with Crippen LogP contribution in [0.15, 0.2) is 72.8 Å². The fraction of sp³-hybridized carbons (Fsp3) is 0.222. The zero-order valence-corrected chi connectivity index (χ0v) is 18.8. The number of fused-ring (bicyclic) bond motifs is 1. The molecular formula is C27H27NO4. The SMILES string of the molecule is CCOC(=O)C1(c2ccc(C)cc2)C=C(c2ccccc2)c2c(cc(OC)cc2OC)N1. The van der Waals surface area contributed by atoms with E-state index in [0.29, 0.717) is 11.5 Å². The van der Waals surface area contributed by atoms with E-state index in [-0.39, 0.29) is 12.6 Å². The van der Waals surface area contributed by atoms with Gasteiger partial charge in [0.1, 0.15) is 11.5 Å². The maximum Gasteiger partial charge on any atom is 0.340 e. The summed E-state index contributed by atoms with van der Waals surface area (Å²) in [6.45, 7) is 4.10. The summed E-state index contributed by atoms with van der Waals surface area (Å²) in [6, 6.07) is 21.6. The minimum absolute atomic E-state index is 0.275. The maximum absolute atomic E-state index is 13.5. The molecule has 32 heavy (non-hydrogen) atoms. The van der Waals surface area contributed by atoms with Gasteiger partial charge in [0.05, 0.1) is 26.5 Å². The van der Waals surface area contributed by atoms with Crippen molar-refractivity contribution in [2.45, 2.75) is 19.4 Å². The molecule has 4 rings (SSSR count). The van der Waals surface area contributed by atoms with E-state index in [4.69, 9.17) is 14.2 Å². The smallest absolute Gasteiger partial charge is 0.340 e. The van der Waals surface area contributed by atoms with Gasteiger partial charge >= 0.3 is 5.97 Å². The Morgan fingerprint density at radius 2 is 1.69 bits per heavy atom. The van der Waals surface area contributed by atoms with Crippen LogP contribution in [0.4, 0.5) is 5.69 Å². The molecule has 5 heteroatoms. The molecule has 0 amide bonds. The van der Waals surface area contributed by atoms with Crippen molar-refractivity contribution in [1.29, 1.82) is 0 Å². The van der Waals surface area contributed by atoms with Gasteiger partial charge < -0.3 is 19.5 Å². The largest absolute Gasteiger partial charge is 0.497 e. The molecule has 1 aliphatic rings. The molecule has 3 aromatic rings. The van der Waals surface area contributed by atoms with Gasteiger partial charge in [-0.1, -0.05) is 60.2 Å². The summed E-state index contributed by atoms with van der Waals surface area (Å²) >= 11 is 0. The van der Waals surface area contributed by atoms with Crippen LogP contribution in [0.2, 0.25) is 0 Å². The van der Waals surface area contributed by atoms with Crippen molar-refractivity contribution in [3.63, 3.8) is 0 Å². The lowest BCUT2D eigenvalue weighted by Crippen LogP contribution is -2.45. The Labute approximate surface area is 188 Å². The van der Waals surface area contributed by atoms with Gasteiger partial charge in [0.2, 0.25) is 0 Å². The van der Waals surface area contributed by atoms with Crippen molar-refractivity contribution in [2.24, 2.45) is 0 Å². The molecule has 1 heterocycles. The molecule has 0 aliphatic carbocycles. The standard InChI is InChI=1S/C27H27NO4/c1-5-32-26(29)27(20-13-11-18(2)12-14-20)17-22(19-9-7-6-8-10-19)25-23(28-27)15-21(30-3)16-24(25)31-4/h6-17,28H,5H2,1-4H3. The highest BCUT2D eigenvalue weighted by molar-refractivity contribution is 6.01. The molecule has 0 radical (unpaired) electrons. The predicted molar refractivity (Wildman–Crippen MR) is 126 cm³/mol. The van der Waals surface area contributed by atoms with Crippen molar-refractivity contribution in [1.82, 2.24) is 0 Å². The van der Waals surface area contributed by atoms with Crippen LogP contribution in [0.25, 0.3) is 5.57 Å². The number of methoxy groups -OCH3 is 2. The van der Waals surface area contributed by atoms with Gasteiger partial charge in [-0.05, 0) is 36.6 Å². The van der Waals surface area contributed by atoms with E-state index in [1.54, 1.807) is 14.2 Å². The Hall–Kier alpha value is -3.73. The number of aryl methyl sites for hydroxylation is 1. The van der Waals surface area contributed by atoms with Gasteiger partial charge in [0.25, 0.3) is 0 Å². The topological polar surface area (TPSA) is 56.8 Å². The fourth-order valence-corrected chi connectivity index (χ4v) is 4.07. The number of hydrogen-bond acceptors (Lipinski definition) is 5. The molecule has 1 N–H and O–H groups in total. The number of nitrogens with one attached hydrogen (secondary N) is 1. The van der Waals surface area contributed by atoms with Crippen LogP contribution < -0.4 is 14.8 Å². The van der Waals surface area contributed by atoms with E-state index in [9.17, 15) is 4.79 Å². The number of esters is 1. The first-order valence-electron chi connectivity index (χ1n) is 10.6. The molecule has 1 aliphatic heterocycles. The second-order valence-electron chi connectivity index (χ2n) is 7.70. The van der Waals surface area contributed by atoms with Crippen LogP contribution in [0.1, 0.15) is 29.2 Å². The summed E-state index contributed by atoms with van der Waals surface area (Å²) in [5.41, 5.74) is 4.15. The number of ether oxygens (including phenoxy) is 3. The van der Waals surface area contributed by atoms with Crippen molar-refractivity contribution < 1.29 is 19.0 Å². The highest BCUT2D eigenvalue weighted by Crippen LogP contribution is 2.48. The zero-order chi connectivity index (χ0) is 22.7. The molecule has 0 aromatic heterocycles. The molecule has 1 unspecified atom stereocenters. The van der Waals surface area contributed by atoms with Crippen LogP contribution in [0.5, 0.6) is 11.5 Å². The second-order valence-corrected chi connectivity index (χ2v) is 7.70. The minimum atomic E-state index is -1.21. The summed E-state index contributed by atoms with van der Waals surface area (Å²) in [4.78, 5) is 13.5. The van der Waals surface area contributed by atoms with E-state index in [0.717, 1.165) is 33.5 Å². The first-order chi connectivity index (χ1) is 15.5. The third-order valence-corrected chi connectivity index (χ3v) is 5.68. The predicted octanol–water partition coefficient (Wildman–Crippen LogP) is 5.33. The Balaban J connectivity index is 2.05. The number of carbonyl (C=O) groups is 1. The Bertz CT molecular complexity index is 1150. The van der Waals surface area contributed by atoms with Gasteiger partial charge in [-0.2, -0.15) is 0 Å². The molecule has 0 saturated heterocycles. The molecule has 3 aromatic carbocycles. The van der Waals surface area contributed by atoms with Gasteiger partial charge in [0.15, 0.2) is 5.54 Å². The monoisotopic (exact) mass is 429 g/mol. The van der Waals surface area contributed by atoms with Crippen LogP contribution in [0, 0.1) is 6.92 Å². The van der Waals surface area contributed by atoms with E-state index in [1.807, 2.05) is 86.7 Å². The first-order valence-corrected chi connectivity index (χ1v) is 10.6. The first kappa shape index (κ1) is 21.5. The highest BCUT2D eigenvalue weighted by atomic mass is 16.5. The number of rotatable bonds is 6. The molecule has 5 nitrogen and oxygen atoms in total. The Kier molecular flexibility index (Phi) is 5.91. The number of carbonyl (C=O) groups excluding carboxylic acids is 1. The average molecular weight is 430 g/mol. The number of hydrogen-bond donors (Lipinski definition) is 1. The maximum atomic E-state index is 13.5. The molecular weight excluding hydrogens is 402 g/mol. The normalized spacial score (nSPS) is 16.9. The van der Waals surface area contributed by atoms with Crippen LogP contribution in [-0.2, 0) is 15.1 Å². The highest BCUT2D eigenvalue weighted by Gasteiger charge is 2.44. The summed E-state index contributed by atoms with van der Waals surface area (Å²) in [5, 5.41) is 3.47. The number of anilines is 1.